The zero-order valence-electron chi connectivity index (χ0n) is 17.5. The number of hydrogen-bond acceptors (Lipinski definition) is 1. The summed E-state index contributed by atoms with van der Waals surface area (Å²) < 4.78 is 2.31. The molecular formula is C29H23NO. The van der Waals surface area contributed by atoms with Crippen molar-refractivity contribution in [2.45, 2.75) is 13.5 Å². The second-order valence-corrected chi connectivity index (χ2v) is 7.71. The molecule has 0 radical (unpaired) electrons. The molecule has 5 rings (SSSR count). The van der Waals surface area contributed by atoms with Crippen LogP contribution in [0, 0.1) is 0 Å². The molecule has 0 aliphatic carbocycles. The molecular weight excluding hydrogens is 378 g/mol. The molecule has 0 N–H and O–H groups in total. The summed E-state index contributed by atoms with van der Waals surface area (Å²) in [4.78, 5) is 11.4. The van der Waals surface area contributed by atoms with E-state index >= 15 is 0 Å². The standard InChI is InChI=1S/C29H23NO/c1-2-30-28-15-13-21(18-26(28)27-19-22(20-31)14-16-29(27)30)17-25(23-9-5-3-6-10-23)24-11-7-4-8-12-24/h3-20H,2H2,1H3. The fourth-order valence-electron chi connectivity index (χ4n) is 4.38. The van der Waals surface area contributed by atoms with Crippen molar-refractivity contribution in [1.29, 1.82) is 0 Å². The number of aldehydes is 1. The minimum absolute atomic E-state index is 0.706. The number of rotatable bonds is 5. The first-order valence-electron chi connectivity index (χ1n) is 10.6. The van der Waals surface area contributed by atoms with Crippen LogP contribution in [0.5, 0.6) is 0 Å². The minimum Gasteiger partial charge on any atom is -0.341 e. The third kappa shape index (κ3) is 3.47. The summed E-state index contributed by atoms with van der Waals surface area (Å²) in [6.07, 6.45) is 3.17. The van der Waals surface area contributed by atoms with E-state index in [0.29, 0.717) is 5.56 Å². The maximum Gasteiger partial charge on any atom is 0.150 e. The van der Waals surface area contributed by atoms with Crippen LogP contribution in [0.25, 0.3) is 33.5 Å². The average molecular weight is 402 g/mol. The summed E-state index contributed by atoms with van der Waals surface area (Å²) in [5.74, 6) is 0. The average Bonchev–Trinajstić information content (AvgIpc) is 3.15. The molecule has 0 saturated carbocycles. The highest BCUT2D eigenvalue weighted by atomic mass is 16.1. The zero-order chi connectivity index (χ0) is 21.2. The van der Waals surface area contributed by atoms with Crippen molar-refractivity contribution in [3.63, 3.8) is 0 Å². The highest BCUT2D eigenvalue weighted by Gasteiger charge is 2.11. The van der Waals surface area contributed by atoms with Crippen molar-refractivity contribution >= 4 is 39.7 Å². The van der Waals surface area contributed by atoms with Crippen molar-refractivity contribution in [2.75, 3.05) is 0 Å². The number of fused-ring (bicyclic) bond motifs is 3. The van der Waals surface area contributed by atoms with E-state index in [-0.39, 0.29) is 0 Å². The van der Waals surface area contributed by atoms with Gasteiger partial charge in [0.25, 0.3) is 0 Å². The molecule has 150 valence electrons. The Morgan fingerprint density at radius 2 is 1.23 bits per heavy atom. The van der Waals surface area contributed by atoms with E-state index < -0.39 is 0 Å². The van der Waals surface area contributed by atoms with Gasteiger partial charge in [-0.2, -0.15) is 0 Å². The van der Waals surface area contributed by atoms with Crippen LogP contribution < -0.4 is 0 Å². The Morgan fingerprint density at radius 1 is 0.710 bits per heavy atom. The van der Waals surface area contributed by atoms with E-state index in [1.165, 1.54) is 27.6 Å². The molecule has 0 bridgehead atoms. The SMILES string of the molecule is CCn1c2ccc(C=O)cc2c2cc(C=C(c3ccccc3)c3ccccc3)ccc21. The lowest BCUT2D eigenvalue weighted by Gasteiger charge is -2.09. The molecule has 0 saturated heterocycles. The highest BCUT2D eigenvalue weighted by molar-refractivity contribution is 6.10. The molecule has 5 aromatic rings. The molecule has 2 nitrogen and oxygen atoms in total. The Balaban J connectivity index is 1.74. The molecule has 0 aliphatic heterocycles. The van der Waals surface area contributed by atoms with Crippen LogP contribution >= 0.6 is 0 Å². The van der Waals surface area contributed by atoms with E-state index in [2.05, 4.69) is 90.4 Å². The van der Waals surface area contributed by atoms with Gasteiger partial charge in [0.05, 0.1) is 0 Å². The molecule has 1 heterocycles. The van der Waals surface area contributed by atoms with Gasteiger partial charge in [0.1, 0.15) is 6.29 Å². The van der Waals surface area contributed by atoms with Gasteiger partial charge in [-0.3, -0.25) is 4.79 Å². The fourth-order valence-corrected chi connectivity index (χ4v) is 4.38. The summed E-state index contributed by atoms with van der Waals surface area (Å²) in [6.45, 7) is 3.04. The van der Waals surface area contributed by atoms with Crippen molar-refractivity contribution in [3.05, 3.63) is 119 Å². The minimum atomic E-state index is 0.706. The predicted octanol–water partition coefficient (Wildman–Crippen LogP) is 7.22. The Bertz CT molecular complexity index is 1370. The second-order valence-electron chi connectivity index (χ2n) is 7.71. The third-order valence-corrected chi connectivity index (χ3v) is 5.85. The fraction of sp³-hybridized carbons (Fsp3) is 0.0690. The summed E-state index contributed by atoms with van der Waals surface area (Å²) in [7, 11) is 0. The molecule has 1 aromatic heterocycles. The van der Waals surface area contributed by atoms with Gasteiger partial charge >= 0.3 is 0 Å². The van der Waals surface area contributed by atoms with Gasteiger partial charge < -0.3 is 4.57 Å². The van der Waals surface area contributed by atoms with E-state index in [9.17, 15) is 4.79 Å². The molecule has 0 aliphatic rings. The summed E-state index contributed by atoms with van der Waals surface area (Å²) in [5, 5.41) is 2.30. The van der Waals surface area contributed by atoms with Gasteiger partial charge in [0.2, 0.25) is 0 Å². The van der Waals surface area contributed by atoms with Gasteiger partial charge in [-0.25, -0.2) is 0 Å². The van der Waals surface area contributed by atoms with E-state index in [1.807, 2.05) is 24.3 Å². The van der Waals surface area contributed by atoms with Crippen molar-refractivity contribution < 1.29 is 4.79 Å². The number of nitrogens with zero attached hydrogens (tertiary/aromatic N) is 1. The topological polar surface area (TPSA) is 22.0 Å². The first kappa shape index (κ1) is 19.1. The molecule has 0 unspecified atom stereocenters. The van der Waals surface area contributed by atoms with Crippen molar-refractivity contribution in [1.82, 2.24) is 4.57 Å². The van der Waals surface area contributed by atoms with Crippen LogP contribution in [0.2, 0.25) is 0 Å². The predicted molar refractivity (Wildman–Crippen MR) is 130 cm³/mol. The summed E-state index contributed by atoms with van der Waals surface area (Å²) in [6, 6.07) is 33.5. The van der Waals surface area contributed by atoms with Crippen LogP contribution in [0.4, 0.5) is 0 Å². The largest absolute Gasteiger partial charge is 0.341 e. The number of carbonyl (C=O) groups is 1. The molecule has 0 fully saturated rings. The smallest absolute Gasteiger partial charge is 0.150 e. The molecule has 0 spiro atoms. The first-order chi connectivity index (χ1) is 15.3. The third-order valence-electron chi connectivity index (χ3n) is 5.85. The maximum atomic E-state index is 11.4. The maximum absolute atomic E-state index is 11.4. The van der Waals surface area contributed by atoms with Gasteiger partial charge in [-0.05, 0) is 65.6 Å². The lowest BCUT2D eigenvalue weighted by atomic mass is 9.95. The Hall–Kier alpha value is -3.91. The number of hydrogen-bond donors (Lipinski definition) is 0. The van der Waals surface area contributed by atoms with Gasteiger partial charge in [-0.15, -0.1) is 0 Å². The number of aryl methyl sites for hydroxylation is 1. The van der Waals surface area contributed by atoms with Crippen LogP contribution in [0.3, 0.4) is 0 Å². The van der Waals surface area contributed by atoms with E-state index in [1.54, 1.807) is 0 Å². The monoisotopic (exact) mass is 401 g/mol. The lowest BCUT2D eigenvalue weighted by Crippen LogP contribution is -1.93. The summed E-state index contributed by atoms with van der Waals surface area (Å²) in [5.41, 5.74) is 7.77. The normalized spacial score (nSPS) is 11.0. The van der Waals surface area contributed by atoms with Crippen LogP contribution in [-0.2, 0) is 6.54 Å². The Labute approximate surface area is 182 Å². The second kappa shape index (κ2) is 8.08. The zero-order valence-corrected chi connectivity index (χ0v) is 17.5. The van der Waals surface area contributed by atoms with Gasteiger partial charge in [-0.1, -0.05) is 66.7 Å². The summed E-state index contributed by atoms with van der Waals surface area (Å²) >= 11 is 0. The van der Waals surface area contributed by atoms with Gasteiger partial charge in [0, 0.05) is 33.9 Å². The van der Waals surface area contributed by atoms with Crippen molar-refractivity contribution in [2.24, 2.45) is 0 Å². The molecule has 31 heavy (non-hydrogen) atoms. The van der Waals surface area contributed by atoms with E-state index in [4.69, 9.17) is 0 Å². The van der Waals surface area contributed by atoms with Crippen LogP contribution in [-0.4, -0.2) is 10.9 Å². The van der Waals surface area contributed by atoms with Crippen LogP contribution in [0.15, 0.2) is 97.1 Å². The lowest BCUT2D eigenvalue weighted by molar-refractivity contribution is 0.112. The first-order valence-corrected chi connectivity index (χ1v) is 10.6. The number of aromatic nitrogens is 1. The number of benzene rings is 4. The highest BCUT2D eigenvalue weighted by Crippen LogP contribution is 2.32. The van der Waals surface area contributed by atoms with Crippen LogP contribution in [0.1, 0.15) is 34.0 Å². The number of carbonyl (C=O) groups excluding carboxylic acids is 1. The molecule has 4 aromatic carbocycles. The van der Waals surface area contributed by atoms with Gasteiger partial charge in [0.15, 0.2) is 0 Å². The Morgan fingerprint density at radius 3 is 1.74 bits per heavy atom. The Kier molecular flexibility index (Phi) is 4.97. The molecule has 2 heteroatoms. The molecule has 0 atom stereocenters. The van der Waals surface area contributed by atoms with E-state index in [0.717, 1.165) is 29.3 Å². The molecule has 0 amide bonds. The quantitative estimate of drug-likeness (QED) is 0.225. The van der Waals surface area contributed by atoms with Crippen molar-refractivity contribution in [3.8, 4) is 0 Å².